The van der Waals surface area contributed by atoms with Crippen molar-refractivity contribution in [3.63, 3.8) is 0 Å². The van der Waals surface area contributed by atoms with Crippen LogP contribution in [-0.2, 0) is 13.0 Å². The molecule has 1 saturated carbocycles. The van der Waals surface area contributed by atoms with Crippen LogP contribution < -0.4 is 10.6 Å². The summed E-state index contributed by atoms with van der Waals surface area (Å²) >= 11 is 0. The van der Waals surface area contributed by atoms with Crippen molar-refractivity contribution in [3.05, 3.63) is 12.2 Å². The molecule has 0 amide bonds. The molecule has 0 radical (unpaired) electrons. The minimum atomic E-state index is 0. The summed E-state index contributed by atoms with van der Waals surface area (Å²) in [7, 11) is 0. The molecule has 1 aromatic rings. The second kappa shape index (κ2) is 11.7. The number of halogens is 1. The Labute approximate surface area is 163 Å². The lowest BCUT2D eigenvalue weighted by molar-refractivity contribution is 0.366. The zero-order valence-electron chi connectivity index (χ0n) is 15.3. The number of aryl methyl sites for hydroxylation is 1. The first-order valence-electron chi connectivity index (χ1n) is 9.10. The molecule has 0 unspecified atom stereocenters. The number of hydrogen-bond acceptors (Lipinski definition) is 3. The highest BCUT2D eigenvalue weighted by Gasteiger charge is 2.13. The van der Waals surface area contributed by atoms with Crippen molar-refractivity contribution in [2.75, 3.05) is 13.1 Å². The van der Waals surface area contributed by atoms with Gasteiger partial charge in [0.25, 0.3) is 0 Å². The lowest BCUT2D eigenvalue weighted by atomic mass is 9.89. The minimum absolute atomic E-state index is 0. The van der Waals surface area contributed by atoms with E-state index in [-0.39, 0.29) is 24.0 Å². The average molecular weight is 448 g/mol. The lowest BCUT2D eigenvalue weighted by Gasteiger charge is -2.21. The summed E-state index contributed by atoms with van der Waals surface area (Å²) in [6.45, 7) is 9.02. The quantitative estimate of drug-likeness (QED) is 0.383. The van der Waals surface area contributed by atoms with Crippen LogP contribution in [-0.4, -0.2) is 39.9 Å². The third kappa shape index (κ3) is 7.36. The molecule has 7 heteroatoms. The third-order valence-corrected chi connectivity index (χ3v) is 4.31. The van der Waals surface area contributed by atoms with Crippen LogP contribution in [0.4, 0.5) is 0 Å². The monoisotopic (exact) mass is 448 g/mol. The van der Waals surface area contributed by atoms with Crippen molar-refractivity contribution >= 4 is 29.9 Å². The topological polar surface area (TPSA) is 67.1 Å². The Balaban J connectivity index is 0.00000288. The van der Waals surface area contributed by atoms with Gasteiger partial charge in [0.2, 0.25) is 0 Å². The van der Waals surface area contributed by atoms with Gasteiger partial charge in [0.15, 0.2) is 5.96 Å². The van der Waals surface area contributed by atoms with Gasteiger partial charge in [0.05, 0.1) is 0 Å². The normalized spacial score (nSPS) is 16.1. The van der Waals surface area contributed by atoms with E-state index in [1.807, 2.05) is 0 Å². The zero-order valence-corrected chi connectivity index (χ0v) is 17.6. The van der Waals surface area contributed by atoms with E-state index in [1.54, 1.807) is 6.33 Å². The van der Waals surface area contributed by atoms with E-state index >= 15 is 0 Å². The molecule has 24 heavy (non-hydrogen) atoms. The first-order valence-corrected chi connectivity index (χ1v) is 9.10. The van der Waals surface area contributed by atoms with Gasteiger partial charge in [-0.15, -0.1) is 34.2 Å². The molecule has 1 aliphatic carbocycles. The van der Waals surface area contributed by atoms with Crippen LogP contribution in [0.1, 0.15) is 58.7 Å². The van der Waals surface area contributed by atoms with Crippen molar-refractivity contribution in [2.24, 2.45) is 10.9 Å². The fourth-order valence-electron chi connectivity index (χ4n) is 3.05. The second-order valence-corrected chi connectivity index (χ2v) is 6.71. The average Bonchev–Trinajstić information content (AvgIpc) is 3.00. The van der Waals surface area contributed by atoms with Gasteiger partial charge in [-0.05, 0) is 32.6 Å². The summed E-state index contributed by atoms with van der Waals surface area (Å²) in [5.74, 6) is 2.72. The van der Waals surface area contributed by atoms with Crippen molar-refractivity contribution in [3.8, 4) is 0 Å². The highest BCUT2D eigenvalue weighted by Crippen LogP contribution is 2.23. The van der Waals surface area contributed by atoms with Gasteiger partial charge in [-0.25, -0.2) is 0 Å². The first kappa shape index (κ1) is 21.2. The molecule has 0 aliphatic heterocycles. The number of nitrogens with one attached hydrogen (secondary N) is 2. The predicted molar refractivity (Wildman–Crippen MR) is 110 cm³/mol. The van der Waals surface area contributed by atoms with Gasteiger partial charge < -0.3 is 15.2 Å². The van der Waals surface area contributed by atoms with Gasteiger partial charge in [0.1, 0.15) is 12.2 Å². The standard InChI is InChI=1S/C17H32N6.HI/c1-4-16-22-20-13-23(16)11-10-18-17(21-14(2)3)19-12-15-8-6-5-7-9-15;/h13-15H,4-12H2,1-3H3,(H2,18,19,21);1H. The number of hydrogen-bond donors (Lipinski definition) is 2. The Morgan fingerprint density at radius 3 is 2.75 bits per heavy atom. The molecule has 138 valence electrons. The highest BCUT2D eigenvalue weighted by atomic mass is 127. The molecule has 6 nitrogen and oxygen atoms in total. The molecule has 2 N–H and O–H groups in total. The van der Waals surface area contributed by atoms with Crippen LogP contribution in [0.2, 0.25) is 0 Å². The minimum Gasteiger partial charge on any atom is -0.355 e. The Hall–Kier alpha value is -0.860. The van der Waals surface area contributed by atoms with Crippen LogP contribution in [0.3, 0.4) is 0 Å². The largest absolute Gasteiger partial charge is 0.355 e. The van der Waals surface area contributed by atoms with Crippen LogP contribution in [0.5, 0.6) is 0 Å². The fourth-order valence-corrected chi connectivity index (χ4v) is 3.05. The molecular formula is C17H33IN6. The van der Waals surface area contributed by atoms with Crippen molar-refractivity contribution in [1.29, 1.82) is 0 Å². The third-order valence-electron chi connectivity index (χ3n) is 4.31. The van der Waals surface area contributed by atoms with E-state index in [9.17, 15) is 0 Å². The van der Waals surface area contributed by atoms with Gasteiger partial charge in [-0.3, -0.25) is 4.99 Å². The Morgan fingerprint density at radius 1 is 1.33 bits per heavy atom. The number of rotatable bonds is 7. The van der Waals surface area contributed by atoms with E-state index in [1.165, 1.54) is 32.1 Å². The molecule has 1 heterocycles. The molecule has 1 aliphatic rings. The summed E-state index contributed by atoms with van der Waals surface area (Å²) in [5.41, 5.74) is 0. The molecule has 0 aromatic carbocycles. The van der Waals surface area contributed by atoms with Gasteiger partial charge in [0, 0.05) is 32.1 Å². The summed E-state index contributed by atoms with van der Waals surface area (Å²) in [5, 5.41) is 15.0. The van der Waals surface area contributed by atoms with Crippen LogP contribution in [0.15, 0.2) is 11.3 Å². The lowest BCUT2D eigenvalue weighted by Crippen LogP contribution is -2.42. The van der Waals surface area contributed by atoms with E-state index in [0.29, 0.717) is 6.04 Å². The number of aromatic nitrogens is 3. The van der Waals surface area contributed by atoms with Crippen molar-refractivity contribution in [1.82, 2.24) is 25.4 Å². The molecule has 0 saturated heterocycles. The van der Waals surface area contributed by atoms with E-state index < -0.39 is 0 Å². The van der Waals surface area contributed by atoms with Crippen molar-refractivity contribution in [2.45, 2.75) is 71.9 Å². The van der Waals surface area contributed by atoms with Gasteiger partial charge >= 0.3 is 0 Å². The summed E-state index contributed by atoms with van der Waals surface area (Å²) in [4.78, 5) is 4.80. The Kier molecular flexibility index (Phi) is 10.3. The van der Waals surface area contributed by atoms with E-state index in [2.05, 4.69) is 46.2 Å². The summed E-state index contributed by atoms with van der Waals surface area (Å²) in [6.07, 6.45) is 9.51. The summed E-state index contributed by atoms with van der Waals surface area (Å²) in [6, 6.07) is 0.383. The molecule has 0 atom stereocenters. The molecule has 0 bridgehead atoms. The number of nitrogens with zero attached hydrogens (tertiary/aromatic N) is 4. The van der Waals surface area contributed by atoms with Gasteiger partial charge in [-0.2, -0.15) is 0 Å². The first-order chi connectivity index (χ1) is 11.2. The number of guanidine groups is 1. The van der Waals surface area contributed by atoms with Crippen LogP contribution in [0, 0.1) is 5.92 Å². The molecule has 1 aromatic heterocycles. The molecule has 1 fully saturated rings. The maximum atomic E-state index is 4.80. The molecule has 2 rings (SSSR count). The zero-order chi connectivity index (χ0) is 16.5. The fraction of sp³-hybridized carbons (Fsp3) is 0.824. The Morgan fingerprint density at radius 2 is 2.08 bits per heavy atom. The summed E-state index contributed by atoms with van der Waals surface area (Å²) < 4.78 is 2.10. The van der Waals surface area contributed by atoms with Crippen LogP contribution in [0.25, 0.3) is 0 Å². The maximum absolute atomic E-state index is 4.80. The van der Waals surface area contributed by atoms with Gasteiger partial charge in [-0.1, -0.05) is 26.2 Å². The molecular weight excluding hydrogens is 415 g/mol. The predicted octanol–water partition coefficient (Wildman–Crippen LogP) is 2.98. The Bertz CT molecular complexity index is 479. The van der Waals surface area contributed by atoms with Crippen LogP contribution >= 0.6 is 24.0 Å². The van der Waals surface area contributed by atoms with Crippen molar-refractivity contribution < 1.29 is 0 Å². The SMILES string of the molecule is CCc1nncn1CCNC(=NCC1CCCCC1)NC(C)C.I. The van der Waals surface area contributed by atoms with E-state index in [4.69, 9.17) is 4.99 Å². The van der Waals surface area contributed by atoms with E-state index in [0.717, 1.165) is 43.8 Å². The second-order valence-electron chi connectivity index (χ2n) is 6.71. The highest BCUT2D eigenvalue weighted by molar-refractivity contribution is 14.0. The smallest absolute Gasteiger partial charge is 0.191 e. The maximum Gasteiger partial charge on any atom is 0.191 e. The number of aliphatic imine (C=N–C) groups is 1. The molecule has 0 spiro atoms.